The lowest BCUT2D eigenvalue weighted by Gasteiger charge is -2.51. The second-order valence-electron chi connectivity index (χ2n) is 12.4. The topological polar surface area (TPSA) is 181 Å². The summed E-state index contributed by atoms with van der Waals surface area (Å²) in [5.41, 5.74) is 6.47. The Balaban J connectivity index is 1.44. The van der Waals surface area contributed by atoms with E-state index >= 15 is 0 Å². The highest BCUT2D eigenvalue weighted by molar-refractivity contribution is 6.08. The molecule has 3 aliphatic carbocycles. The molecule has 0 radical (unpaired) electrons. The molecular formula is C31H36FN3O8. The fourth-order valence-corrected chi connectivity index (χ4v) is 7.85. The van der Waals surface area contributed by atoms with Gasteiger partial charge >= 0.3 is 0 Å². The third-order valence-electron chi connectivity index (χ3n) is 9.55. The van der Waals surface area contributed by atoms with Crippen molar-refractivity contribution in [2.45, 2.75) is 50.2 Å². The number of primary amides is 1. The van der Waals surface area contributed by atoms with Crippen LogP contribution in [0.4, 0.5) is 4.39 Å². The van der Waals surface area contributed by atoms with Crippen molar-refractivity contribution in [1.82, 2.24) is 9.80 Å². The molecule has 1 aliphatic heterocycles. The summed E-state index contributed by atoms with van der Waals surface area (Å²) in [6.07, 6.45) is 2.27. The van der Waals surface area contributed by atoms with Gasteiger partial charge in [-0.15, -0.1) is 0 Å². The zero-order chi connectivity index (χ0) is 31.0. The monoisotopic (exact) mass is 597 g/mol. The molecule has 11 nitrogen and oxygen atoms in total. The van der Waals surface area contributed by atoms with Gasteiger partial charge in [0.1, 0.15) is 34.8 Å². The Bertz CT molecular complexity index is 1560. The van der Waals surface area contributed by atoms with Crippen molar-refractivity contribution in [1.29, 1.82) is 0 Å². The van der Waals surface area contributed by atoms with Crippen LogP contribution in [-0.4, -0.2) is 92.2 Å². The highest BCUT2D eigenvalue weighted by atomic mass is 19.1. The zero-order valence-electron chi connectivity index (χ0n) is 24.0. The summed E-state index contributed by atoms with van der Waals surface area (Å²) < 4.78 is 20.0. The number of aliphatic hydroxyl groups excluding tert-OH is 2. The third-order valence-corrected chi connectivity index (χ3v) is 9.55. The fraction of sp³-hybridized carbons (Fsp3) is 0.484. The highest BCUT2D eigenvalue weighted by Crippen LogP contribution is 2.54. The number of benzene rings is 1. The van der Waals surface area contributed by atoms with Gasteiger partial charge in [0.2, 0.25) is 5.79 Å². The molecule has 6 rings (SSSR count). The first-order valence-corrected chi connectivity index (χ1v) is 14.4. The standard InChI is InChI=1S/C31H36FN3O8/c1-34(2)25-19-11-15-10-18-17(29-14(7-9-43-29)12-35-8-3-4-16(32)13-35)5-6-20(36)22(18)26(37)21(15)27(38)23(19)31(41,42)24(28(25)39)30(33)40/h5-7,9,15-16,19,23,25,36-37,39,41-42H,3-4,8,10-13H2,1-2H3,(H2,33,40)/t15?,16?,19?,23?,25-/m0/s1. The van der Waals surface area contributed by atoms with Crippen LogP contribution < -0.4 is 5.73 Å². The number of likely N-dealkylation sites (tertiary alicyclic amines) is 1. The van der Waals surface area contributed by atoms with Gasteiger partial charge < -0.3 is 35.7 Å². The Morgan fingerprint density at radius 2 is 1.95 bits per heavy atom. The maximum absolute atomic E-state index is 14.1. The molecule has 1 saturated carbocycles. The van der Waals surface area contributed by atoms with Crippen molar-refractivity contribution in [2.24, 2.45) is 23.5 Å². The number of aromatic hydroxyl groups is 1. The lowest BCUT2D eigenvalue weighted by atomic mass is 9.57. The van der Waals surface area contributed by atoms with Crippen LogP contribution in [0.1, 0.15) is 36.0 Å². The first kappa shape index (κ1) is 29.4. The van der Waals surface area contributed by atoms with Gasteiger partial charge in [0.25, 0.3) is 5.91 Å². The van der Waals surface area contributed by atoms with Crippen LogP contribution in [0.5, 0.6) is 5.75 Å². The number of hydrogen-bond donors (Lipinski definition) is 6. The van der Waals surface area contributed by atoms with Crippen LogP contribution in [0, 0.1) is 17.8 Å². The van der Waals surface area contributed by atoms with E-state index in [-0.39, 0.29) is 29.7 Å². The number of nitrogens with zero attached hydrogens (tertiary/aromatic N) is 2. The Morgan fingerprint density at radius 3 is 2.63 bits per heavy atom. The molecule has 1 saturated heterocycles. The van der Waals surface area contributed by atoms with E-state index in [4.69, 9.17) is 10.2 Å². The minimum absolute atomic E-state index is 0.0367. The molecule has 230 valence electrons. The first-order chi connectivity index (χ1) is 20.3. The van der Waals surface area contributed by atoms with E-state index in [0.29, 0.717) is 36.4 Å². The summed E-state index contributed by atoms with van der Waals surface area (Å²) in [4.78, 5) is 29.9. The molecule has 4 unspecified atom stereocenters. The third kappa shape index (κ3) is 4.55. The predicted molar refractivity (Wildman–Crippen MR) is 152 cm³/mol. The van der Waals surface area contributed by atoms with Gasteiger partial charge in [-0.05, 0) is 81.9 Å². The molecule has 5 atom stereocenters. The number of nitrogens with two attached hydrogens (primary N) is 1. The van der Waals surface area contributed by atoms with Gasteiger partial charge in [-0.2, -0.15) is 0 Å². The first-order valence-electron chi connectivity index (χ1n) is 14.4. The number of carbonyl (C=O) groups is 2. The second-order valence-corrected chi connectivity index (χ2v) is 12.4. The molecule has 2 aromatic rings. The van der Waals surface area contributed by atoms with Crippen LogP contribution in [0.2, 0.25) is 0 Å². The molecule has 0 spiro atoms. The molecule has 12 heteroatoms. The van der Waals surface area contributed by atoms with E-state index in [1.54, 1.807) is 25.1 Å². The fourth-order valence-electron chi connectivity index (χ4n) is 7.85. The Labute approximate surface area is 247 Å². The largest absolute Gasteiger partial charge is 0.510 e. The molecule has 1 aromatic heterocycles. The summed E-state index contributed by atoms with van der Waals surface area (Å²) in [6, 6.07) is 3.95. The molecular weight excluding hydrogens is 561 g/mol. The number of ketones is 1. The van der Waals surface area contributed by atoms with Gasteiger partial charge in [-0.1, -0.05) is 0 Å². The molecule has 43 heavy (non-hydrogen) atoms. The van der Waals surface area contributed by atoms with E-state index in [1.165, 1.54) is 12.3 Å². The Kier molecular flexibility index (Phi) is 7.15. The Hall–Kier alpha value is -3.71. The number of furan rings is 1. The number of phenolic OH excluding ortho intramolecular Hbond substituents is 1. The van der Waals surface area contributed by atoms with E-state index in [0.717, 1.165) is 18.5 Å². The van der Waals surface area contributed by atoms with Crippen molar-refractivity contribution in [3.05, 3.63) is 58.1 Å². The van der Waals surface area contributed by atoms with Crippen LogP contribution in [0.15, 0.2) is 45.8 Å². The van der Waals surface area contributed by atoms with Crippen LogP contribution >= 0.6 is 0 Å². The number of hydrogen-bond acceptors (Lipinski definition) is 10. The van der Waals surface area contributed by atoms with Gasteiger partial charge in [-0.3, -0.25) is 19.4 Å². The van der Waals surface area contributed by atoms with Gasteiger partial charge in [0.15, 0.2) is 5.78 Å². The van der Waals surface area contributed by atoms with E-state index in [1.807, 2.05) is 11.0 Å². The molecule has 1 amide bonds. The summed E-state index contributed by atoms with van der Waals surface area (Å²) in [5, 5.41) is 55.7. The van der Waals surface area contributed by atoms with E-state index in [9.17, 15) is 39.5 Å². The maximum atomic E-state index is 14.1. The zero-order valence-corrected chi connectivity index (χ0v) is 24.0. The lowest BCUT2D eigenvalue weighted by Crippen LogP contribution is -2.62. The van der Waals surface area contributed by atoms with E-state index in [2.05, 4.69) is 0 Å². The number of alkyl halides is 1. The number of aliphatic hydroxyl groups is 4. The van der Waals surface area contributed by atoms with Crippen LogP contribution in [0.3, 0.4) is 0 Å². The van der Waals surface area contributed by atoms with Crippen molar-refractivity contribution < 1.29 is 43.9 Å². The minimum atomic E-state index is -3.08. The van der Waals surface area contributed by atoms with E-state index < -0.39 is 64.5 Å². The predicted octanol–water partition coefficient (Wildman–Crippen LogP) is 2.15. The average molecular weight is 598 g/mol. The number of amides is 1. The number of phenols is 1. The minimum Gasteiger partial charge on any atom is -0.510 e. The number of Topliss-reactive ketones (excluding diaryl/α,β-unsaturated/α-hetero) is 1. The van der Waals surface area contributed by atoms with Crippen LogP contribution in [-0.2, 0) is 22.6 Å². The molecule has 0 bridgehead atoms. The molecule has 2 fully saturated rings. The summed E-state index contributed by atoms with van der Waals surface area (Å²) in [5.74, 6) is -9.11. The normalized spacial score (nSPS) is 29.0. The number of carbonyl (C=O) groups excluding carboxylic acids is 2. The van der Waals surface area contributed by atoms with Crippen LogP contribution in [0.25, 0.3) is 17.1 Å². The SMILES string of the molecule is CN(C)[C@@H]1C(O)=C(C(N)=O)C(O)(O)C2C(=O)C3=C(O)c4c(O)ccc(-c5occc5CN5CCCC(F)C5)c4CC3CC21. The maximum Gasteiger partial charge on any atom is 0.253 e. The quantitative estimate of drug-likeness (QED) is 0.280. The summed E-state index contributed by atoms with van der Waals surface area (Å²) in [6.45, 7) is 1.52. The molecule has 1 aromatic carbocycles. The molecule has 2 heterocycles. The number of allylic oxidation sites excluding steroid dienone is 1. The van der Waals surface area contributed by atoms with Gasteiger partial charge in [0.05, 0.1) is 23.8 Å². The smallest absolute Gasteiger partial charge is 0.253 e. The number of rotatable bonds is 5. The molecule has 4 aliphatic rings. The Morgan fingerprint density at radius 1 is 1.21 bits per heavy atom. The van der Waals surface area contributed by atoms with Crippen molar-refractivity contribution in [3.8, 4) is 17.1 Å². The lowest BCUT2D eigenvalue weighted by molar-refractivity contribution is -0.203. The van der Waals surface area contributed by atoms with Gasteiger partial charge in [0, 0.05) is 29.8 Å². The summed E-state index contributed by atoms with van der Waals surface area (Å²) in [7, 11) is 3.26. The summed E-state index contributed by atoms with van der Waals surface area (Å²) >= 11 is 0. The molecule has 7 N–H and O–H groups in total. The number of halogens is 1. The number of fused-ring (bicyclic) bond motifs is 3. The average Bonchev–Trinajstić information content (AvgIpc) is 3.35. The highest BCUT2D eigenvalue weighted by Gasteiger charge is 2.62. The van der Waals surface area contributed by atoms with Crippen molar-refractivity contribution >= 4 is 17.4 Å². The van der Waals surface area contributed by atoms with Crippen molar-refractivity contribution in [3.63, 3.8) is 0 Å². The second kappa shape index (κ2) is 10.5. The number of likely N-dealkylation sites (N-methyl/N-ethyl adjacent to an activating group) is 1. The van der Waals surface area contributed by atoms with Gasteiger partial charge in [-0.25, -0.2) is 4.39 Å². The van der Waals surface area contributed by atoms with Crippen molar-refractivity contribution in [2.75, 3.05) is 27.2 Å². The number of piperidine rings is 1.